The van der Waals surface area contributed by atoms with Crippen LogP contribution < -0.4 is 5.32 Å². The zero-order valence-corrected chi connectivity index (χ0v) is 13.6. The van der Waals surface area contributed by atoms with Crippen molar-refractivity contribution in [2.75, 3.05) is 0 Å². The van der Waals surface area contributed by atoms with Crippen molar-refractivity contribution in [3.8, 4) is 0 Å². The van der Waals surface area contributed by atoms with Crippen LogP contribution in [0.3, 0.4) is 0 Å². The van der Waals surface area contributed by atoms with Crippen LogP contribution in [0, 0.1) is 5.82 Å². The SMILES string of the molecule is CC(NC(=O)CCc1cccc(F)c1)c1ccc(Cl)cc1Cl. The molecule has 0 fully saturated rings. The fourth-order valence-corrected chi connectivity index (χ4v) is 2.77. The van der Waals surface area contributed by atoms with Gasteiger partial charge in [-0.15, -0.1) is 0 Å². The molecule has 0 saturated heterocycles. The Morgan fingerprint density at radius 1 is 1.23 bits per heavy atom. The Kier molecular flexibility index (Phi) is 5.81. The molecule has 0 bridgehead atoms. The molecule has 1 N–H and O–H groups in total. The Morgan fingerprint density at radius 3 is 2.68 bits per heavy atom. The van der Waals surface area contributed by atoms with Crippen LogP contribution in [0.15, 0.2) is 42.5 Å². The number of rotatable bonds is 5. The molecule has 2 aromatic rings. The summed E-state index contributed by atoms with van der Waals surface area (Å²) in [5, 5.41) is 3.95. The van der Waals surface area contributed by atoms with Crippen molar-refractivity contribution in [1.29, 1.82) is 0 Å². The van der Waals surface area contributed by atoms with Gasteiger partial charge in [-0.1, -0.05) is 41.4 Å². The van der Waals surface area contributed by atoms with Gasteiger partial charge in [-0.3, -0.25) is 4.79 Å². The van der Waals surface area contributed by atoms with E-state index in [2.05, 4.69) is 5.32 Å². The van der Waals surface area contributed by atoms with E-state index in [1.807, 2.05) is 6.92 Å². The molecule has 0 heterocycles. The molecule has 0 aliphatic rings. The van der Waals surface area contributed by atoms with Gasteiger partial charge < -0.3 is 5.32 Å². The first kappa shape index (κ1) is 16.8. The Bertz CT molecular complexity index is 675. The molecule has 0 saturated carbocycles. The molecular weight excluding hydrogens is 324 g/mol. The van der Waals surface area contributed by atoms with Gasteiger partial charge in [0, 0.05) is 16.5 Å². The fraction of sp³-hybridized carbons (Fsp3) is 0.235. The summed E-state index contributed by atoms with van der Waals surface area (Å²) >= 11 is 12.0. The van der Waals surface area contributed by atoms with Gasteiger partial charge in [0.25, 0.3) is 0 Å². The van der Waals surface area contributed by atoms with E-state index < -0.39 is 0 Å². The maximum Gasteiger partial charge on any atom is 0.220 e. The Hall–Kier alpha value is -1.58. The minimum Gasteiger partial charge on any atom is -0.350 e. The summed E-state index contributed by atoms with van der Waals surface area (Å²) in [6.07, 6.45) is 0.781. The average Bonchev–Trinajstić information content (AvgIpc) is 2.45. The number of benzene rings is 2. The molecule has 0 aromatic heterocycles. The highest BCUT2D eigenvalue weighted by Crippen LogP contribution is 2.26. The van der Waals surface area contributed by atoms with Crippen LogP contribution in [0.4, 0.5) is 4.39 Å². The molecule has 0 aliphatic heterocycles. The lowest BCUT2D eigenvalue weighted by Crippen LogP contribution is -2.27. The molecule has 1 amide bonds. The zero-order chi connectivity index (χ0) is 16.1. The minimum atomic E-state index is -0.292. The van der Waals surface area contributed by atoms with Gasteiger partial charge in [0.1, 0.15) is 5.82 Å². The first-order valence-electron chi connectivity index (χ1n) is 6.94. The number of hydrogen-bond donors (Lipinski definition) is 1. The molecular formula is C17H16Cl2FNO. The molecule has 2 aromatic carbocycles. The van der Waals surface area contributed by atoms with Crippen LogP contribution in [0.1, 0.15) is 30.5 Å². The molecule has 22 heavy (non-hydrogen) atoms. The number of carbonyl (C=O) groups excluding carboxylic acids is 1. The fourth-order valence-electron chi connectivity index (χ4n) is 2.19. The van der Waals surface area contributed by atoms with Crippen LogP contribution in [0.5, 0.6) is 0 Å². The monoisotopic (exact) mass is 339 g/mol. The number of nitrogens with one attached hydrogen (secondary N) is 1. The third-order valence-corrected chi connectivity index (χ3v) is 3.90. The van der Waals surface area contributed by atoms with Gasteiger partial charge in [-0.05, 0) is 48.7 Å². The summed E-state index contributed by atoms with van der Waals surface area (Å²) in [6, 6.07) is 11.2. The van der Waals surface area contributed by atoms with Crippen molar-refractivity contribution in [3.05, 3.63) is 69.5 Å². The Balaban J connectivity index is 1.91. The first-order valence-corrected chi connectivity index (χ1v) is 7.70. The Labute approximate surface area is 139 Å². The van der Waals surface area contributed by atoms with Crippen LogP contribution in [0.25, 0.3) is 0 Å². The molecule has 0 spiro atoms. The highest BCUT2D eigenvalue weighted by atomic mass is 35.5. The van der Waals surface area contributed by atoms with Gasteiger partial charge in [0.05, 0.1) is 6.04 Å². The highest BCUT2D eigenvalue weighted by Gasteiger charge is 2.13. The van der Waals surface area contributed by atoms with E-state index in [0.29, 0.717) is 22.9 Å². The highest BCUT2D eigenvalue weighted by molar-refractivity contribution is 6.35. The second-order valence-corrected chi connectivity index (χ2v) is 5.93. The molecule has 0 aliphatic carbocycles. The summed E-state index contributed by atoms with van der Waals surface area (Å²) in [6.45, 7) is 1.86. The molecule has 1 atom stereocenters. The topological polar surface area (TPSA) is 29.1 Å². The standard InChI is InChI=1S/C17H16Cl2FNO/c1-11(15-7-6-13(18)10-16(15)19)21-17(22)8-5-12-3-2-4-14(20)9-12/h2-4,6-7,9-11H,5,8H2,1H3,(H,21,22). The van der Waals surface area contributed by atoms with Crippen molar-refractivity contribution in [2.24, 2.45) is 0 Å². The van der Waals surface area contributed by atoms with E-state index in [1.165, 1.54) is 12.1 Å². The summed E-state index contributed by atoms with van der Waals surface area (Å²) in [4.78, 5) is 12.0. The average molecular weight is 340 g/mol. The van der Waals surface area contributed by atoms with E-state index in [9.17, 15) is 9.18 Å². The van der Waals surface area contributed by atoms with Gasteiger partial charge >= 0.3 is 0 Å². The third-order valence-electron chi connectivity index (χ3n) is 3.34. The van der Waals surface area contributed by atoms with E-state index in [0.717, 1.165) is 11.1 Å². The zero-order valence-electron chi connectivity index (χ0n) is 12.1. The van der Waals surface area contributed by atoms with Crippen molar-refractivity contribution < 1.29 is 9.18 Å². The number of hydrogen-bond acceptors (Lipinski definition) is 1. The summed E-state index contributed by atoms with van der Waals surface area (Å²) in [5.41, 5.74) is 1.61. The van der Waals surface area contributed by atoms with Crippen LogP contribution in [-0.2, 0) is 11.2 Å². The van der Waals surface area contributed by atoms with Gasteiger partial charge in [-0.2, -0.15) is 0 Å². The lowest BCUT2D eigenvalue weighted by Gasteiger charge is -2.16. The quantitative estimate of drug-likeness (QED) is 0.820. The van der Waals surface area contributed by atoms with Gasteiger partial charge in [-0.25, -0.2) is 4.39 Å². The minimum absolute atomic E-state index is 0.109. The van der Waals surface area contributed by atoms with Crippen LogP contribution >= 0.6 is 23.2 Å². The second-order valence-electron chi connectivity index (χ2n) is 5.08. The van der Waals surface area contributed by atoms with E-state index >= 15 is 0 Å². The molecule has 0 radical (unpaired) electrons. The summed E-state index contributed by atoms with van der Waals surface area (Å²) in [7, 11) is 0. The molecule has 1 unspecified atom stereocenters. The second kappa shape index (κ2) is 7.61. The summed E-state index contributed by atoms with van der Waals surface area (Å²) in [5.74, 6) is -0.401. The molecule has 2 rings (SSSR count). The number of carbonyl (C=O) groups is 1. The first-order chi connectivity index (χ1) is 10.5. The van der Waals surface area contributed by atoms with E-state index in [-0.39, 0.29) is 17.8 Å². The normalized spacial score (nSPS) is 12.0. The molecule has 5 heteroatoms. The maximum absolute atomic E-state index is 13.1. The molecule has 2 nitrogen and oxygen atoms in total. The van der Waals surface area contributed by atoms with E-state index in [1.54, 1.807) is 30.3 Å². The predicted molar refractivity (Wildman–Crippen MR) is 87.7 cm³/mol. The largest absolute Gasteiger partial charge is 0.350 e. The number of halogens is 3. The van der Waals surface area contributed by atoms with Crippen molar-refractivity contribution in [2.45, 2.75) is 25.8 Å². The summed E-state index contributed by atoms with van der Waals surface area (Å²) < 4.78 is 13.1. The van der Waals surface area contributed by atoms with Gasteiger partial charge in [0.15, 0.2) is 0 Å². The predicted octanol–water partition coefficient (Wildman–Crippen LogP) is 4.94. The lowest BCUT2D eigenvalue weighted by atomic mass is 10.1. The van der Waals surface area contributed by atoms with Crippen molar-refractivity contribution >= 4 is 29.1 Å². The van der Waals surface area contributed by atoms with Crippen LogP contribution in [0.2, 0.25) is 10.0 Å². The van der Waals surface area contributed by atoms with Crippen molar-refractivity contribution in [1.82, 2.24) is 5.32 Å². The number of aryl methyl sites for hydroxylation is 1. The van der Waals surface area contributed by atoms with Crippen molar-refractivity contribution in [3.63, 3.8) is 0 Å². The molecule has 116 valence electrons. The lowest BCUT2D eigenvalue weighted by molar-refractivity contribution is -0.121. The smallest absolute Gasteiger partial charge is 0.220 e. The van der Waals surface area contributed by atoms with Crippen LogP contribution in [-0.4, -0.2) is 5.91 Å². The number of amides is 1. The van der Waals surface area contributed by atoms with E-state index in [4.69, 9.17) is 23.2 Å². The Morgan fingerprint density at radius 2 is 2.00 bits per heavy atom. The third kappa shape index (κ3) is 4.72. The maximum atomic E-state index is 13.1. The van der Waals surface area contributed by atoms with Gasteiger partial charge in [0.2, 0.25) is 5.91 Å².